The molecule has 29 heavy (non-hydrogen) atoms. The molecule has 1 fully saturated rings. The van der Waals surface area contributed by atoms with Crippen LogP contribution in [0, 0.1) is 6.92 Å². The van der Waals surface area contributed by atoms with Gasteiger partial charge in [0.2, 0.25) is 5.91 Å². The maximum Gasteiger partial charge on any atom is 0.416 e. The van der Waals surface area contributed by atoms with Crippen LogP contribution in [0.1, 0.15) is 35.4 Å². The average molecular weight is 409 g/mol. The van der Waals surface area contributed by atoms with Crippen molar-refractivity contribution >= 4 is 12.0 Å². The lowest BCUT2D eigenvalue weighted by atomic mass is 10.0. The van der Waals surface area contributed by atoms with E-state index in [2.05, 4.69) is 15.4 Å². The van der Waals surface area contributed by atoms with E-state index in [1.807, 2.05) is 0 Å². The third-order valence-corrected chi connectivity index (χ3v) is 4.76. The van der Waals surface area contributed by atoms with Gasteiger partial charge in [-0.3, -0.25) is 4.79 Å². The van der Waals surface area contributed by atoms with Gasteiger partial charge in [0, 0.05) is 19.7 Å². The van der Waals surface area contributed by atoms with Crippen LogP contribution in [0.2, 0.25) is 0 Å². The Morgan fingerprint density at radius 2 is 2.17 bits per heavy atom. The lowest BCUT2D eigenvalue weighted by molar-refractivity contribution is -0.137. The third kappa shape index (κ3) is 5.20. The molecule has 1 aromatic carbocycles. The fourth-order valence-corrected chi connectivity index (χ4v) is 3.37. The molecule has 0 spiro atoms. The summed E-state index contributed by atoms with van der Waals surface area (Å²) in [4.78, 5) is 15.5. The Bertz CT molecular complexity index is 894. The van der Waals surface area contributed by atoms with Crippen molar-refractivity contribution in [2.24, 2.45) is 0 Å². The zero-order chi connectivity index (χ0) is 21.0. The molecule has 1 aliphatic rings. The van der Waals surface area contributed by atoms with Crippen LogP contribution in [-0.2, 0) is 22.3 Å². The van der Waals surface area contributed by atoms with Gasteiger partial charge >= 0.3 is 6.18 Å². The summed E-state index contributed by atoms with van der Waals surface area (Å²) >= 11 is 0. The summed E-state index contributed by atoms with van der Waals surface area (Å²) in [5, 5.41) is 11.6. The molecular weight excluding hydrogens is 387 g/mol. The van der Waals surface area contributed by atoms with Gasteiger partial charge in [-0.15, -0.1) is 10.2 Å². The summed E-state index contributed by atoms with van der Waals surface area (Å²) in [5.74, 6) is 0.229. The molecule has 2 heterocycles. The van der Waals surface area contributed by atoms with Crippen molar-refractivity contribution in [3.8, 4) is 0 Å². The van der Waals surface area contributed by atoms with Crippen LogP contribution in [0.3, 0.4) is 0 Å². The largest absolute Gasteiger partial charge is 0.416 e. The van der Waals surface area contributed by atoms with Crippen molar-refractivity contribution in [3.63, 3.8) is 0 Å². The van der Waals surface area contributed by atoms with Gasteiger partial charge in [0.05, 0.1) is 24.8 Å². The highest BCUT2D eigenvalue weighted by molar-refractivity contribution is 5.92. The summed E-state index contributed by atoms with van der Waals surface area (Å²) in [6.45, 7) is 2.75. The number of methoxy groups -OCH3 is 1. The molecular formula is C19H22F3N5O2. The number of amides is 1. The highest BCUT2D eigenvalue weighted by Crippen LogP contribution is 2.31. The zero-order valence-electron chi connectivity index (χ0n) is 16.2. The van der Waals surface area contributed by atoms with E-state index in [0.717, 1.165) is 25.0 Å². The van der Waals surface area contributed by atoms with E-state index in [1.165, 1.54) is 23.0 Å². The zero-order valence-corrected chi connectivity index (χ0v) is 16.2. The van der Waals surface area contributed by atoms with Gasteiger partial charge < -0.3 is 9.64 Å². The molecule has 0 N–H and O–H groups in total. The van der Waals surface area contributed by atoms with Crippen LogP contribution in [-0.4, -0.2) is 57.3 Å². The molecule has 1 atom stereocenters. The molecule has 1 unspecified atom stereocenters. The van der Waals surface area contributed by atoms with Crippen LogP contribution in [0.4, 0.5) is 13.2 Å². The number of ether oxygens (including phenoxy) is 1. The molecule has 1 saturated heterocycles. The van der Waals surface area contributed by atoms with Crippen LogP contribution in [0.25, 0.3) is 6.08 Å². The van der Waals surface area contributed by atoms with Gasteiger partial charge in [-0.25, -0.2) is 0 Å². The number of carbonyl (C=O) groups is 1. The molecule has 3 rings (SSSR count). The van der Waals surface area contributed by atoms with E-state index in [0.29, 0.717) is 30.1 Å². The topological polar surface area (TPSA) is 73.1 Å². The predicted molar refractivity (Wildman–Crippen MR) is 98.7 cm³/mol. The van der Waals surface area contributed by atoms with Crippen molar-refractivity contribution in [1.29, 1.82) is 0 Å². The van der Waals surface area contributed by atoms with Crippen molar-refractivity contribution in [2.45, 2.75) is 38.5 Å². The Balaban J connectivity index is 1.85. The second-order valence-electron chi connectivity index (χ2n) is 6.89. The number of likely N-dealkylation sites (tertiary alicyclic amines) is 1. The molecule has 10 heteroatoms. The number of nitrogens with zero attached hydrogens (tertiary/aromatic N) is 5. The van der Waals surface area contributed by atoms with Crippen LogP contribution in [0.15, 0.2) is 24.3 Å². The molecule has 0 radical (unpaired) electrons. The number of hydrogen-bond donors (Lipinski definition) is 0. The van der Waals surface area contributed by atoms with E-state index in [4.69, 9.17) is 4.74 Å². The maximum absolute atomic E-state index is 13.1. The molecule has 156 valence electrons. The van der Waals surface area contributed by atoms with Crippen LogP contribution in [0.5, 0.6) is 0 Å². The summed E-state index contributed by atoms with van der Waals surface area (Å²) in [5.41, 5.74) is 0.0624. The molecule has 1 aromatic heterocycles. The number of aryl methyl sites for hydroxylation is 1. The first kappa shape index (κ1) is 21.0. The Hall–Kier alpha value is -2.75. The first-order valence-corrected chi connectivity index (χ1v) is 9.20. The first-order valence-electron chi connectivity index (χ1n) is 9.20. The van der Waals surface area contributed by atoms with E-state index in [9.17, 15) is 18.0 Å². The summed E-state index contributed by atoms with van der Waals surface area (Å²) in [6.07, 6.45) is 0.220. The summed E-state index contributed by atoms with van der Waals surface area (Å²) < 4.78 is 44.6. The minimum Gasteiger partial charge on any atom is -0.383 e. The van der Waals surface area contributed by atoms with E-state index >= 15 is 0 Å². The summed E-state index contributed by atoms with van der Waals surface area (Å²) in [6, 6.07) is 3.41. The van der Waals surface area contributed by atoms with Crippen molar-refractivity contribution in [2.75, 3.05) is 20.3 Å². The Labute approximate surface area is 166 Å². The highest BCUT2D eigenvalue weighted by Gasteiger charge is 2.31. The molecule has 0 saturated carbocycles. The monoisotopic (exact) mass is 409 g/mol. The number of alkyl halides is 3. The number of tetrazole rings is 1. The Kier molecular flexibility index (Phi) is 6.31. The SMILES string of the molecule is COCC1CCCN1C(=O)C=Cc1ccc(C(F)(F)F)cc1Cn1nnc(C)n1. The molecule has 2 aromatic rings. The highest BCUT2D eigenvalue weighted by atomic mass is 19.4. The second-order valence-corrected chi connectivity index (χ2v) is 6.89. The number of hydrogen-bond acceptors (Lipinski definition) is 5. The number of rotatable bonds is 6. The number of benzene rings is 1. The molecule has 7 nitrogen and oxygen atoms in total. The fourth-order valence-electron chi connectivity index (χ4n) is 3.37. The number of carbonyl (C=O) groups excluding carboxylic acids is 1. The minimum atomic E-state index is -4.47. The summed E-state index contributed by atoms with van der Waals surface area (Å²) in [7, 11) is 1.59. The predicted octanol–water partition coefficient (Wildman–Crippen LogP) is 2.70. The van der Waals surface area contributed by atoms with E-state index < -0.39 is 11.7 Å². The quantitative estimate of drug-likeness (QED) is 0.686. The molecule has 1 amide bonds. The van der Waals surface area contributed by atoms with Gasteiger partial charge in [-0.2, -0.15) is 18.0 Å². The van der Waals surface area contributed by atoms with Crippen molar-refractivity contribution in [3.05, 3.63) is 46.8 Å². The molecule has 0 aliphatic carbocycles. The molecule has 0 bridgehead atoms. The third-order valence-electron chi connectivity index (χ3n) is 4.76. The van der Waals surface area contributed by atoms with Crippen LogP contribution >= 0.6 is 0 Å². The fraction of sp³-hybridized carbons (Fsp3) is 0.474. The second kappa shape index (κ2) is 8.73. The van der Waals surface area contributed by atoms with E-state index in [1.54, 1.807) is 18.9 Å². The Morgan fingerprint density at radius 3 is 2.83 bits per heavy atom. The van der Waals surface area contributed by atoms with Crippen molar-refractivity contribution in [1.82, 2.24) is 25.1 Å². The molecule has 1 aliphatic heterocycles. The van der Waals surface area contributed by atoms with Gasteiger partial charge in [0.15, 0.2) is 5.82 Å². The smallest absolute Gasteiger partial charge is 0.383 e. The lowest BCUT2D eigenvalue weighted by Crippen LogP contribution is -2.36. The van der Waals surface area contributed by atoms with Gasteiger partial charge in [0.1, 0.15) is 0 Å². The first-order chi connectivity index (χ1) is 13.8. The van der Waals surface area contributed by atoms with Crippen molar-refractivity contribution < 1.29 is 22.7 Å². The minimum absolute atomic E-state index is 0.00857. The Morgan fingerprint density at radius 1 is 1.38 bits per heavy atom. The number of aromatic nitrogens is 4. The van der Waals surface area contributed by atoms with Gasteiger partial charge in [0.25, 0.3) is 0 Å². The van der Waals surface area contributed by atoms with E-state index in [-0.39, 0.29) is 18.5 Å². The average Bonchev–Trinajstić information content (AvgIpc) is 3.29. The van der Waals surface area contributed by atoms with Gasteiger partial charge in [-0.05, 0) is 54.3 Å². The maximum atomic E-state index is 13.1. The lowest BCUT2D eigenvalue weighted by Gasteiger charge is -2.22. The normalized spacial score (nSPS) is 17.4. The van der Waals surface area contributed by atoms with Crippen LogP contribution < -0.4 is 0 Å². The number of halogens is 3. The van der Waals surface area contributed by atoms with Gasteiger partial charge in [-0.1, -0.05) is 6.07 Å². The standard InChI is InChI=1S/C19H22F3N5O2/c1-13-23-25-27(24-13)11-15-10-16(19(20,21)22)7-5-14(15)6-8-18(28)26-9-3-4-17(26)12-29-2/h5-8,10,17H,3-4,9,11-12H2,1-2H3.